The molecule has 5 fully saturated rings. The van der Waals surface area contributed by atoms with Gasteiger partial charge in [0.25, 0.3) is 5.56 Å². The van der Waals surface area contributed by atoms with Crippen molar-refractivity contribution in [3.8, 4) is 0 Å². The smallest absolute Gasteiger partial charge is 0.250 e. The lowest BCUT2D eigenvalue weighted by Crippen LogP contribution is -2.59. The van der Waals surface area contributed by atoms with Crippen LogP contribution >= 0.6 is 12.2 Å². The van der Waals surface area contributed by atoms with Crippen LogP contribution in [-0.2, 0) is 6.54 Å². The molecule has 1 N–H and O–H groups in total. The van der Waals surface area contributed by atoms with Gasteiger partial charge >= 0.3 is 0 Å². The summed E-state index contributed by atoms with van der Waals surface area (Å²) in [6.45, 7) is 5.17. The number of nitrogens with zero attached hydrogens (tertiary/aromatic N) is 2. The van der Waals surface area contributed by atoms with Gasteiger partial charge in [0.05, 0.1) is 0 Å². The number of piperidine rings is 1. The summed E-state index contributed by atoms with van der Waals surface area (Å²) in [6.07, 6.45) is 9.90. The summed E-state index contributed by atoms with van der Waals surface area (Å²) < 4.78 is 2.00. The topological polar surface area (TPSA) is 37.3 Å². The molecule has 4 aliphatic carbocycles. The lowest BCUT2D eigenvalue weighted by Gasteiger charge is -2.59. The van der Waals surface area contributed by atoms with E-state index in [9.17, 15) is 4.79 Å². The lowest BCUT2D eigenvalue weighted by molar-refractivity contribution is -0.0676. The van der Waals surface area contributed by atoms with E-state index < -0.39 is 0 Å². The van der Waals surface area contributed by atoms with E-state index in [0.717, 1.165) is 42.5 Å². The third-order valence-corrected chi connectivity index (χ3v) is 9.49. The predicted octanol–water partition coefficient (Wildman–Crippen LogP) is 3.75. The molecule has 0 unspecified atom stereocenters. The molecule has 156 valence electrons. The molecule has 29 heavy (non-hydrogen) atoms. The molecule has 1 aromatic heterocycles. The van der Waals surface area contributed by atoms with Crippen molar-refractivity contribution in [1.29, 1.82) is 0 Å². The second-order valence-corrected chi connectivity index (χ2v) is 11.4. The minimum atomic E-state index is 0.154. The van der Waals surface area contributed by atoms with Gasteiger partial charge in [0.2, 0.25) is 0 Å². The largest absolute Gasteiger partial charge is 0.360 e. The molecule has 0 spiro atoms. The number of rotatable bonds is 2. The first kappa shape index (κ1) is 18.4. The first-order valence-electron chi connectivity index (χ1n) is 11.7. The zero-order valence-corrected chi connectivity index (χ0v) is 18.3. The maximum absolute atomic E-state index is 12.3. The Kier molecular flexibility index (Phi) is 4.17. The quantitative estimate of drug-likeness (QED) is 0.752. The molecule has 5 heteroatoms. The van der Waals surface area contributed by atoms with Crippen molar-refractivity contribution in [2.45, 2.75) is 70.4 Å². The van der Waals surface area contributed by atoms with Crippen molar-refractivity contribution in [1.82, 2.24) is 14.8 Å². The Labute approximate surface area is 179 Å². The van der Waals surface area contributed by atoms with Crippen LogP contribution in [0.3, 0.4) is 0 Å². The second-order valence-electron chi connectivity index (χ2n) is 11.1. The van der Waals surface area contributed by atoms with Crippen LogP contribution in [0.25, 0.3) is 0 Å². The maximum Gasteiger partial charge on any atom is 0.250 e. The summed E-state index contributed by atoms with van der Waals surface area (Å²) in [5.41, 5.74) is 1.84. The zero-order valence-electron chi connectivity index (χ0n) is 17.5. The maximum atomic E-state index is 12.3. The van der Waals surface area contributed by atoms with Crippen LogP contribution in [0.1, 0.15) is 63.5 Å². The fourth-order valence-corrected chi connectivity index (χ4v) is 8.53. The van der Waals surface area contributed by atoms with Crippen LogP contribution in [0.2, 0.25) is 0 Å². The Morgan fingerprint density at radius 3 is 2.41 bits per heavy atom. The number of hydrogen-bond donors (Lipinski definition) is 1. The number of likely N-dealkylation sites (tertiary alicyclic amines) is 1. The molecule has 7 rings (SSSR count). The number of fused-ring (bicyclic) bond motifs is 4. The minimum Gasteiger partial charge on any atom is -0.360 e. The lowest BCUT2D eigenvalue weighted by atomic mass is 9.48. The summed E-state index contributed by atoms with van der Waals surface area (Å²) in [7, 11) is 0. The normalized spacial score (nSPS) is 40.4. The predicted molar refractivity (Wildman–Crippen MR) is 119 cm³/mol. The minimum absolute atomic E-state index is 0.154. The van der Waals surface area contributed by atoms with Gasteiger partial charge in [0.15, 0.2) is 5.11 Å². The van der Waals surface area contributed by atoms with Gasteiger partial charge in [-0.05, 0) is 99.2 Å². The molecule has 6 aliphatic rings. The molecular formula is C24H33N3OS. The van der Waals surface area contributed by atoms with E-state index in [1.54, 1.807) is 6.07 Å². The summed E-state index contributed by atoms with van der Waals surface area (Å²) in [4.78, 5) is 14.7. The molecule has 2 aliphatic heterocycles. The molecular weight excluding hydrogens is 378 g/mol. The van der Waals surface area contributed by atoms with Crippen molar-refractivity contribution >= 4 is 17.3 Å². The van der Waals surface area contributed by atoms with Crippen molar-refractivity contribution < 1.29 is 0 Å². The van der Waals surface area contributed by atoms with Crippen molar-refractivity contribution in [2.75, 3.05) is 13.1 Å². The molecule has 4 saturated carbocycles. The van der Waals surface area contributed by atoms with Crippen LogP contribution in [0.4, 0.5) is 0 Å². The second kappa shape index (κ2) is 6.57. The molecule has 3 heterocycles. The fraction of sp³-hybridized carbons (Fsp3) is 0.750. The number of thiocarbonyl (C=S) groups is 1. The monoisotopic (exact) mass is 411 g/mol. The highest BCUT2D eigenvalue weighted by molar-refractivity contribution is 7.80. The first-order valence-corrected chi connectivity index (χ1v) is 12.1. The van der Waals surface area contributed by atoms with E-state index in [-0.39, 0.29) is 5.56 Å². The zero-order chi connectivity index (χ0) is 19.8. The Morgan fingerprint density at radius 2 is 1.72 bits per heavy atom. The van der Waals surface area contributed by atoms with Gasteiger partial charge in [-0.1, -0.05) is 6.07 Å². The van der Waals surface area contributed by atoms with Gasteiger partial charge in [-0.3, -0.25) is 4.79 Å². The van der Waals surface area contributed by atoms with Crippen LogP contribution in [0.15, 0.2) is 23.0 Å². The average molecular weight is 412 g/mol. The summed E-state index contributed by atoms with van der Waals surface area (Å²) >= 11 is 5.95. The Balaban J connectivity index is 1.17. The molecule has 1 saturated heterocycles. The molecule has 4 nitrogen and oxygen atoms in total. The highest BCUT2D eigenvalue weighted by atomic mass is 32.1. The summed E-state index contributed by atoms with van der Waals surface area (Å²) in [6, 6.07) is 6.22. The highest BCUT2D eigenvalue weighted by Gasteiger charge is 2.53. The van der Waals surface area contributed by atoms with Crippen molar-refractivity contribution in [2.24, 2.45) is 29.1 Å². The van der Waals surface area contributed by atoms with E-state index in [4.69, 9.17) is 12.2 Å². The van der Waals surface area contributed by atoms with Crippen molar-refractivity contribution in [3.05, 3.63) is 34.2 Å². The average Bonchev–Trinajstić information content (AvgIpc) is 2.67. The Hall–Kier alpha value is -1.36. The number of pyridine rings is 1. The standard InChI is InChI=1S/C24H33N3OS/c1-15(24-9-16-5-17(10-24)7-18(6-16)11-24)25-23(29)26-12-19-8-20(14-26)21-3-2-4-22(28)27(21)13-19/h2-4,15-20H,5-14H2,1H3,(H,25,29)/t15-,16?,17?,18?,19+,20-,24?/m0/s1. The molecule has 3 atom stereocenters. The van der Waals surface area contributed by atoms with Crippen LogP contribution < -0.4 is 10.9 Å². The molecule has 6 bridgehead atoms. The van der Waals surface area contributed by atoms with E-state index in [2.05, 4.69) is 23.2 Å². The first-order chi connectivity index (χ1) is 14.0. The Morgan fingerprint density at radius 1 is 1.03 bits per heavy atom. The van der Waals surface area contributed by atoms with Gasteiger partial charge in [-0.15, -0.1) is 0 Å². The van der Waals surface area contributed by atoms with Gasteiger partial charge in [0.1, 0.15) is 0 Å². The van der Waals surface area contributed by atoms with E-state index >= 15 is 0 Å². The fourth-order valence-electron chi connectivity index (χ4n) is 8.20. The SMILES string of the molecule is C[C@H](NC(=S)N1C[C@H]2C[C@@H](C1)c1cccc(=O)n1C2)C12CC3CC(CC(C3)C1)C2. The molecule has 1 aromatic rings. The van der Waals surface area contributed by atoms with Crippen LogP contribution in [0.5, 0.6) is 0 Å². The van der Waals surface area contributed by atoms with Crippen molar-refractivity contribution in [3.63, 3.8) is 0 Å². The van der Waals surface area contributed by atoms with E-state index in [1.165, 1.54) is 50.6 Å². The van der Waals surface area contributed by atoms with Gasteiger partial charge < -0.3 is 14.8 Å². The highest BCUT2D eigenvalue weighted by Crippen LogP contribution is 2.61. The molecule has 0 radical (unpaired) electrons. The molecule has 0 aromatic carbocycles. The third kappa shape index (κ3) is 2.98. The van der Waals surface area contributed by atoms with Gasteiger partial charge in [-0.2, -0.15) is 0 Å². The van der Waals surface area contributed by atoms with E-state index in [0.29, 0.717) is 23.3 Å². The number of aromatic nitrogens is 1. The number of nitrogens with one attached hydrogen (secondary N) is 1. The van der Waals surface area contributed by atoms with Gasteiger partial charge in [0, 0.05) is 43.4 Å². The number of hydrogen-bond acceptors (Lipinski definition) is 2. The summed E-state index contributed by atoms with van der Waals surface area (Å²) in [5, 5.41) is 4.77. The van der Waals surface area contributed by atoms with Crippen LogP contribution in [0, 0.1) is 29.1 Å². The Bertz CT molecular complexity index is 857. The summed E-state index contributed by atoms with van der Waals surface area (Å²) in [5.74, 6) is 3.87. The molecule has 0 amide bonds. The van der Waals surface area contributed by atoms with E-state index in [1.807, 2.05) is 10.6 Å². The van der Waals surface area contributed by atoms with Gasteiger partial charge in [-0.25, -0.2) is 0 Å². The third-order valence-electron chi connectivity index (χ3n) is 9.11. The van der Waals surface area contributed by atoms with Crippen LogP contribution in [-0.4, -0.2) is 33.7 Å².